The maximum absolute atomic E-state index is 13.5. The van der Waals surface area contributed by atoms with Crippen LogP contribution in [-0.4, -0.2) is 96.7 Å². The Hall–Kier alpha value is -4.97. The molecule has 61 heavy (non-hydrogen) atoms. The Kier molecular flexibility index (Phi) is 17.2. The third-order valence-electron chi connectivity index (χ3n) is 10.3. The first-order chi connectivity index (χ1) is 29.4. The Labute approximate surface area is 356 Å². The third-order valence-corrected chi connectivity index (χ3v) is 13.7. The SMILES string of the molecule is COc1ccc(C(OC[C@H]2O[C@@H](n3ccc(=O)[nH]c3=O)[C@H](OCOCOCCC#N)[C@@H]2O[PH](O)(CCC#N)N(C(C)C)C(C)C)(c2ccccc2)c2ccc(OC)cc2)cc1. The number of methoxy groups -OCH3 is 2. The molecule has 4 aromatic rings. The van der Waals surface area contributed by atoms with Crippen molar-refractivity contribution in [2.75, 3.05) is 47.2 Å². The first kappa shape index (κ1) is 47.1. The zero-order valence-corrected chi connectivity index (χ0v) is 36.4. The van der Waals surface area contributed by atoms with Crippen molar-refractivity contribution >= 4 is 7.87 Å². The van der Waals surface area contributed by atoms with Crippen molar-refractivity contribution in [3.05, 3.63) is 129 Å². The molecule has 0 saturated carbocycles. The van der Waals surface area contributed by atoms with Crippen LogP contribution in [0, 0.1) is 22.7 Å². The monoisotopic (exact) mass is 861 g/mol. The fourth-order valence-corrected chi connectivity index (χ4v) is 11.1. The summed E-state index contributed by atoms with van der Waals surface area (Å²) < 4.78 is 52.5. The summed E-state index contributed by atoms with van der Waals surface area (Å²) in [5.74, 6) is 1.28. The van der Waals surface area contributed by atoms with E-state index < -0.39 is 49.3 Å². The number of benzene rings is 3. The molecule has 1 aliphatic rings. The number of rotatable bonds is 23. The number of aromatic amines is 1. The molecule has 4 atom stereocenters. The molecular formula is C44H56N5O11P. The van der Waals surface area contributed by atoms with Crippen LogP contribution in [0.15, 0.2) is 101 Å². The summed E-state index contributed by atoms with van der Waals surface area (Å²) in [6.07, 6.45) is -3.12. The molecule has 0 bridgehead atoms. The topological polar surface area (TPSA) is 200 Å². The second kappa shape index (κ2) is 22.2. The number of hydrogen-bond acceptors (Lipinski definition) is 14. The van der Waals surface area contributed by atoms with Gasteiger partial charge in [0.15, 0.2) is 0 Å². The van der Waals surface area contributed by atoms with Crippen molar-refractivity contribution in [2.24, 2.45) is 0 Å². The van der Waals surface area contributed by atoms with Crippen LogP contribution in [0.3, 0.4) is 0 Å². The van der Waals surface area contributed by atoms with Crippen LogP contribution in [-0.2, 0) is 33.8 Å². The van der Waals surface area contributed by atoms with Gasteiger partial charge in [-0.05, 0) is 0 Å². The van der Waals surface area contributed by atoms with Crippen LogP contribution in [0.1, 0.15) is 63.5 Å². The molecule has 0 aliphatic carbocycles. The molecule has 3 aromatic carbocycles. The summed E-state index contributed by atoms with van der Waals surface area (Å²) in [5, 5.41) is 18.7. The molecule has 1 fully saturated rings. The number of nitriles is 2. The Morgan fingerprint density at radius 2 is 1.41 bits per heavy atom. The van der Waals surface area contributed by atoms with Crippen molar-refractivity contribution in [3.63, 3.8) is 0 Å². The molecule has 0 unspecified atom stereocenters. The quantitative estimate of drug-likeness (QED) is 0.0404. The summed E-state index contributed by atoms with van der Waals surface area (Å²) in [6.45, 7) is 7.13. The Morgan fingerprint density at radius 3 is 1.95 bits per heavy atom. The molecule has 0 amide bonds. The molecule has 2 N–H and O–H groups in total. The number of aromatic nitrogens is 2. The second-order valence-electron chi connectivity index (χ2n) is 14.9. The second-order valence-corrected chi connectivity index (χ2v) is 17.6. The van der Waals surface area contributed by atoms with Gasteiger partial charge in [0.2, 0.25) is 0 Å². The minimum absolute atomic E-state index is 0.00303. The third kappa shape index (κ3) is 11.3. The van der Waals surface area contributed by atoms with Gasteiger partial charge >= 0.3 is 357 Å². The molecule has 0 radical (unpaired) electrons. The standard InChI is InChI=1S/C44H56N5O11P/c1-31(2)49(32(3)4)61(52,27-11-24-46)60-40-38(59-42(48-25-22-39(50)47-43(48)51)41(40)57-30-56-29-55-26-10-23-45)28-58-44(33-12-8-7-9-13-33,34-14-18-36(53-5)19-15-34)35-16-20-37(54-6)21-17-35/h7-9,12-22,25,31-32,38,40-42,52,61H,10-11,26-30H2,1-6H3,(H,47,50,51)/t38-,40-,41-,42-/m1/s1. The molecule has 328 valence electrons. The van der Waals surface area contributed by atoms with Gasteiger partial charge in [-0.1, -0.05) is 0 Å². The summed E-state index contributed by atoms with van der Waals surface area (Å²) in [4.78, 5) is 40.8. The van der Waals surface area contributed by atoms with Crippen molar-refractivity contribution in [3.8, 4) is 23.6 Å². The number of ether oxygens (including phenoxy) is 7. The fraction of sp³-hybridized carbons (Fsp3) is 0.455. The first-order valence-electron chi connectivity index (χ1n) is 20.1. The van der Waals surface area contributed by atoms with Crippen molar-refractivity contribution < 1.29 is 42.6 Å². The maximum atomic E-state index is 13.5. The van der Waals surface area contributed by atoms with E-state index in [1.165, 1.54) is 16.8 Å². The van der Waals surface area contributed by atoms with Gasteiger partial charge in [0, 0.05) is 0 Å². The van der Waals surface area contributed by atoms with Gasteiger partial charge < -0.3 is 0 Å². The van der Waals surface area contributed by atoms with Gasteiger partial charge in [-0.3, -0.25) is 0 Å². The average Bonchev–Trinajstić information content (AvgIpc) is 3.58. The molecule has 5 rings (SSSR count). The van der Waals surface area contributed by atoms with Crippen LogP contribution in [0.5, 0.6) is 11.5 Å². The van der Waals surface area contributed by atoms with E-state index in [2.05, 4.69) is 11.1 Å². The van der Waals surface area contributed by atoms with E-state index in [0.29, 0.717) is 11.5 Å². The molecule has 1 aromatic heterocycles. The van der Waals surface area contributed by atoms with E-state index in [0.717, 1.165) is 16.7 Å². The van der Waals surface area contributed by atoms with Crippen molar-refractivity contribution in [1.29, 1.82) is 10.5 Å². The Balaban J connectivity index is 1.67. The van der Waals surface area contributed by atoms with Crippen molar-refractivity contribution in [1.82, 2.24) is 14.2 Å². The minimum atomic E-state index is -4.06. The Morgan fingerprint density at radius 1 is 0.820 bits per heavy atom. The zero-order valence-electron chi connectivity index (χ0n) is 35.4. The number of nitrogens with one attached hydrogen (secondary N) is 1. The number of hydrogen-bond donors (Lipinski definition) is 2. The average molecular weight is 862 g/mol. The predicted molar refractivity (Wildman–Crippen MR) is 228 cm³/mol. The van der Waals surface area contributed by atoms with Crippen LogP contribution < -0.4 is 20.7 Å². The van der Waals surface area contributed by atoms with E-state index >= 15 is 0 Å². The summed E-state index contributed by atoms with van der Waals surface area (Å²) in [5.41, 5.74) is -0.412. The van der Waals surface area contributed by atoms with E-state index in [1.54, 1.807) is 14.2 Å². The van der Waals surface area contributed by atoms with Gasteiger partial charge in [-0.25, -0.2) is 0 Å². The van der Waals surface area contributed by atoms with E-state index in [9.17, 15) is 19.7 Å². The fourth-order valence-electron chi connectivity index (χ4n) is 7.78. The van der Waals surface area contributed by atoms with Gasteiger partial charge in [0.1, 0.15) is 0 Å². The first-order valence-corrected chi connectivity index (χ1v) is 22.1. The molecular weight excluding hydrogens is 805 g/mol. The van der Waals surface area contributed by atoms with Gasteiger partial charge in [-0.2, -0.15) is 0 Å². The van der Waals surface area contributed by atoms with Crippen molar-refractivity contribution in [2.45, 2.75) is 82.8 Å². The van der Waals surface area contributed by atoms with E-state index in [-0.39, 0.29) is 57.9 Å². The number of H-pyrrole nitrogens is 1. The van der Waals surface area contributed by atoms with Crippen LogP contribution in [0.4, 0.5) is 0 Å². The van der Waals surface area contributed by atoms with Gasteiger partial charge in [0.05, 0.1) is 0 Å². The van der Waals surface area contributed by atoms with Crippen LogP contribution in [0.25, 0.3) is 0 Å². The van der Waals surface area contributed by atoms with Gasteiger partial charge in [0.25, 0.3) is 0 Å². The van der Waals surface area contributed by atoms with E-state index in [4.69, 9.17) is 42.9 Å². The Bertz CT molecular complexity index is 2120. The molecule has 0 spiro atoms. The molecule has 1 aliphatic heterocycles. The van der Waals surface area contributed by atoms with Gasteiger partial charge in [-0.15, -0.1) is 0 Å². The van der Waals surface area contributed by atoms with Crippen LogP contribution >= 0.6 is 7.87 Å². The molecule has 1 saturated heterocycles. The summed E-state index contributed by atoms with van der Waals surface area (Å²) >= 11 is 0. The predicted octanol–water partition coefficient (Wildman–Crippen LogP) is 5.61. The summed E-state index contributed by atoms with van der Waals surface area (Å²) in [6, 6.07) is 29.7. The molecule has 2 heterocycles. The van der Waals surface area contributed by atoms with Crippen LogP contribution in [0.2, 0.25) is 0 Å². The molecule has 17 heteroatoms. The van der Waals surface area contributed by atoms with E-state index in [1.807, 2.05) is 117 Å². The summed E-state index contributed by atoms with van der Waals surface area (Å²) in [7, 11) is -0.878. The zero-order chi connectivity index (χ0) is 44.0. The normalized spacial score (nSPS) is 18.3. The number of nitrogens with zero attached hydrogens (tertiary/aromatic N) is 4. The molecule has 16 nitrogen and oxygen atoms in total.